The third-order valence-corrected chi connectivity index (χ3v) is 5.42. The largest absolute Gasteiger partial charge is 0.493 e. The standard InChI is InChI=1S/C20H29NO4/c1-14(2)9-19(22)21-12-15-10-17(23-3)18(24-4)11-16(15)20(13-21)5-7-25-8-6-20/h10-11,14H,5-9,12-13H2,1-4H3. The van der Waals surface area contributed by atoms with Gasteiger partial charge in [-0.1, -0.05) is 13.8 Å². The Labute approximate surface area is 150 Å². The van der Waals surface area contributed by atoms with E-state index in [0.29, 0.717) is 18.9 Å². The lowest BCUT2D eigenvalue weighted by atomic mass is 9.69. The minimum absolute atomic E-state index is 0.0436. The third kappa shape index (κ3) is 3.47. The van der Waals surface area contributed by atoms with Crippen molar-refractivity contribution in [3.05, 3.63) is 23.3 Å². The zero-order valence-electron chi connectivity index (χ0n) is 15.8. The lowest BCUT2D eigenvalue weighted by Crippen LogP contribution is -2.50. The van der Waals surface area contributed by atoms with Gasteiger partial charge in [0.1, 0.15) is 0 Å². The summed E-state index contributed by atoms with van der Waals surface area (Å²) in [7, 11) is 3.32. The smallest absolute Gasteiger partial charge is 0.223 e. The van der Waals surface area contributed by atoms with Gasteiger partial charge in [0, 0.05) is 38.1 Å². The molecule has 2 aliphatic rings. The van der Waals surface area contributed by atoms with E-state index >= 15 is 0 Å². The minimum atomic E-state index is -0.0436. The van der Waals surface area contributed by atoms with Gasteiger partial charge in [-0.3, -0.25) is 4.79 Å². The maximum atomic E-state index is 12.8. The molecule has 1 saturated heterocycles. The van der Waals surface area contributed by atoms with Gasteiger partial charge in [0.25, 0.3) is 0 Å². The van der Waals surface area contributed by atoms with Crippen molar-refractivity contribution in [3.63, 3.8) is 0 Å². The highest BCUT2D eigenvalue weighted by atomic mass is 16.5. The fourth-order valence-corrected chi connectivity index (χ4v) is 4.10. The highest BCUT2D eigenvalue weighted by Crippen LogP contribution is 2.45. The number of carbonyl (C=O) groups is 1. The van der Waals surface area contributed by atoms with Crippen LogP contribution in [0, 0.1) is 5.92 Å². The highest BCUT2D eigenvalue weighted by molar-refractivity contribution is 5.77. The molecule has 138 valence electrons. The first-order valence-electron chi connectivity index (χ1n) is 9.10. The molecule has 1 amide bonds. The number of rotatable bonds is 4. The van der Waals surface area contributed by atoms with E-state index in [1.165, 1.54) is 11.1 Å². The lowest BCUT2D eigenvalue weighted by Gasteiger charge is -2.46. The molecule has 0 saturated carbocycles. The van der Waals surface area contributed by atoms with E-state index in [-0.39, 0.29) is 11.3 Å². The van der Waals surface area contributed by atoms with Crippen LogP contribution < -0.4 is 9.47 Å². The number of nitrogens with zero attached hydrogens (tertiary/aromatic N) is 1. The summed E-state index contributed by atoms with van der Waals surface area (Å²) < 4.78 is 16.6. The predicted octanol–water partition coefficient (Wildman–Crippen LogP) is 3.14. The van der Waals surface area contributed by atoms with Gasteiger partial charge in [-0.05, 0) is 42.0 Å². The number of benzene rings is 1. The number of hydrogen-bond acceptors (Lipinski definition) is 4. The molecule has 2 heterocycles. The number of hydrogen-bond donors (Lipinski definition) is 0. The van der Waals surface area contributed by atoms with Crippen molar-refractivity contribution in [2.24, 2.45) is 5.92 Å². The number of methoxy groups -OCH3 is 2. The van der Waals surface area contributed by atoms with E-state index in [1.54, 1.807) is 14.2 Å². The zero-order chi connectivity index (χ0) is 18.0. The van der Waals surface area contributed by atoms with Gasteiger partial charge in [-0.15, -0.1) is 0 Å². The number of fused-ring (bicyclic) bond motifs is 2. The Morgan fingerprint density at radius 1 is 1.20 bits per heavy atom. The van der Waals surface area contributed by atoms with Crippen LogP contribution in [0.4, 0.5) is 0 Å². The van der Waals surface area contributed by atoms with Crippen LogP contribution in [0.25, 0.3) is 0 Å². The molecule has 2 aliphatic heterocycles. The molecule has 0 radical (unpaired) electrons. The first kappa shape index (κ1) is 18.1. The van der Waals surface area contributed by atoms with E-state index in [2.05, 4.69) is 19.9 Å². The Bertz CT molecular complexity index is 635. The van der Waals surface area contributed by atoms with E-state index in [4.69, 9.17) is 14.2 Å². The lowest BCUT2D eigenvalue weighted by molar-refractivity contribution is -0.135. The monoisotopic (exact) mass is 347 g/mol. The van der Waals surface area contributed by atoms with Gasteiger partial charge in [0.2, 0.25) is 5.91 Å². The van der Waals surface area contributed by atoms with E-state index in [1.807, 2.05) is 11.0 Å². The molecule has 3 rings (SSSR count). The molecule has 0 aromatic heterocycles. The molecule has 0 unspecified atom stereocenters. The molecule has 1 aromatic rings. The summed E-state index contributed by atoms with van der Waals surface area (Å²) >= 11 is 0. The van der Waals surface area contributed by atoms with Crippen LogP contribution in [0.2, 0.25) is 0 Å². The second kappa shape index (κ2) is 7.24. The second-order valence-corrected chi connectivity index (χ2v) is 7.60. The molecule has 0 aliphatic carbocycles. The summed E-state index contributed by atoms with van der Waals surface area (Å²) in [6.07, 6.45) is 2.46. The van der Waals surface area contributed by atoms with Gasteiger partial charge in [-0.2, -0.15) is 0 Å². The number of amides is 1. The van der Waals surface area contributed by atoms with Gasteiger partial charge >= 0.3 is 0 Å². The maximum Gasteiger partial charge on any atom is 0.223 e. The molecule has 1 aromatic carbocycles. The highest BCUT2D eigenvalue weighted by Gasteiger charge is 2.42. The minimum Gasteiger partial charge on any atom is -0.493 e. The maximum absolute atomic E-state index is 12.8. The molecule has 0 atom stereocenters. The fraction of sp³-hybridized carbons (Fsp3) is 0.650. The quantitative estimate of drug-likeness (QED) is 0.839. The Hall–Kier alpha value is -1.75. The topological polar surface area (TPSA) is 48.0 Å². The van der Waals surface area contributed by atoms with Crippen molar-refractivity contribution in [3.8, 4) is 11.5 Å². The SMILES string of the molecule is COc1cc2c(cc1OC)C1(CCOCC1)CN(C(=O)CC(C)C)C2. The van der Waals surface area contributed by atoms with E-state index < -0.39 is 0 Å². The van der Waals surface area contributed by atoms with E-state index in [0.717, 1.165) is 44.1 Å². The van der Waals surface area contributed by atoms with Gasteiger partial charge in [0.05, 0.1) is 14.2 Å². The van der Waals surface area contributed by atoms with Crippen molar-refractivity contribution in [1.29, 1.82) is 0 Å². The Balaban J connectivity index is 2.02. The summed E-state index contributed by atoms with van der Waals surface area (Å²) in [5.74, 6) is 2.09. The number of carbonyl (C=O) groups excluding carboxylic acids is 1. The number of ether oxygens (including phenoxy) is 3. The average Bonchev–Trinajstić information content (AvgIpc) is 2.60. The van der Waals surface area contributed by atoms with Crippen molar-refractivity contribution in [1.82, 2.24) is 4.90 Å². The van der Waals surface area contributed by atoms with Crippen molar-refractivity contribution in [2.45, 2.75) is 45.1 Å². The van der Waals surface area contributed by atoms with Gasteiger partial charge in [0.15, 0.2) is 11.5 Å². The molecule has 0 N–H and O–H groups in total. The van der Waals surface area contributed by atoms with Crippen LogP contribution in [0.3, 0.4) is 0 Å². The third-order valence-electron chi connectivity index (χ3n) is 5.42. The van der Waals surface area contributed by atoms with E-state index in [9.17, 15) is 4.79 Å². The van der Waals surface area contributed by atoms with Gasteiger partial charge < -0.3 is 19.1 Å². The molecule has 0 bridgehead atoms. The van der Waals surface area contributed by atoms with Crippen LogP contribution in [0.1, 0.15) is 44.2 Å². The molecular formula is C20H29NO4. The van der Waals surface area contributed by atoms with Crippen molar-refractivity contribution in [2.75, 3.05) is 34.0 Å². The fourth-order valence-electron chi connectivity index (χ4n) is 4.10. The summed E-state index contributed by atoms with van der Waals surface area (Å²) in [5.41, 5.74) is 2.42. The molecule has 1 fully saturated rings. The van der Waals surface area contributed by atoms with Crippen LogP contribution in [0.15, 0.2) is 12.1 Å². The van der Waals surface area contributed by atoms with Crippen LogP contribution >= 0.6 is 0 Å². The normalized spacial score (nSPS) is 19.0. The zero-order valence-corrected chi connectivity index (χ0v) is 15.8. The Morgan fingerprint density at radius 2 is 1.84 bits per heavy atom. The van der Waals surface area contributed by atoms with Gasteiger partial charge in [-0.25, -0.2) is 0 Å². The molecule has 25 heavy (non-hydrogen) atoms. The first-order valence-corrected chi connectivity index (χ1v) is 9.10. The average molecular weight is 347 g/mol. The molecule has 5 heteroatoms. The Kier molecular flexibility index (Phi) is 5.23. The first-order chi connectivity index (χ1) is 12.0. The van der Waals surface area contributed by atoms with Crippen LogP contribution in [0.5, 0.6) is 11.5 Å². The summed E-state index contributed by atoms with van der Waals surface area (Å²) in [4.78, 5) is 14.8. The van der Waals surface area contributed by atoms with Crippen LogP contribution in [-0.4, -0.2) is 44.8 Å². The van der Waals surface area contributed by atoms with Crippen molar-refractivity contribution >= 4 is 5.91 Å². The molecule has 5 nitrogen and oxygen atoms in total. The summed E-state index contributed by atoms with van der Waals surface area (Å²) in [6.45, 7) is 7.07. The predicted molar refractivity (Wildman–Crippen MR) is 96.1 cm³/mol. The second-order valence-electron chi connectivity index (χ2n) is 7.60. The van der Waals surface area contributed by atoms with Crippen LogP contribution in [-0.2, 0) is 21.5 Å². The molecule has 1 spiro atoms. The summed E-state index contributed by atoms with van der Waals surface area (Å²) in [6, 6.07) is 4.16. The Morgan fingerprint density at radius 3 is 2.44 bits per heavy atom. The molecular weight excluding hydrogens is 318 g/mol. The van der Waals surface area contributed by atoms with Crippen molar-refractivity contribution < 1.29 is 19.0 Å². The summed E-state index contributed by atoms with van der Waals surface area (Å²) in [5, 5.41) is 0.